The fraction of sp³-hybridized carbons (Fsp3) is 0.458. The van der Waals surface area contributed by atoms with E-state index < -0.39 is 23.8 Å². The van der Waals surface area contributed by atoms with Crippen molar-refractivity contribution >= 4 is 6.09 Å². The maximum atomic E-state index is 12.1. The highest BCUT2D eigenvalue weighted by atomic mass is 16.4. The summed E-state index contributed by atoms with van der Waals surface area (Å²) in [6.07, 6.45) is 0.661. The molecule has 0 radical (unpaired) electrons. The summed E-state index contributed by atoms with van der Waals surface area (Å²) >= 11 is 0. The van der Waals surface area contributed by atoms with Crippen molar-refractivity contribution in [2.75, 3.05) is 6.54 Å². The molecule has 5 heteroatoms. The Bertz CT molecular complexity index is 816. The number of hydrogen-bond acceptors (Lipinski definition) is 3. The number of benzene rings is 2. The van der Waals surface area contributed by atoms with E-state index in [9.17, 15) is 15.0 Å². The highest BCUT2D eigenvalue weighted by Gasteiger charge is 2.37. The van der Waals surface area contributed by atoms with E-state index in [1.165, 1.54) is 16.0 Å². The molecule has 0 saturated carbocycles. The van der Waals surface area contributed by atoms with E-state index in [4.69, 9.17) is 0 Å². The number of aliphatic hydroxyl groups excluding tert-OH is 1. The van der Waals surface area contributed by atoms with Gasteiger partial charge >= 0.3 is 6.09 Å². The van der Waals surface area contributed by atoms with Crippen LogP contribution >= 0.6 is 0 Å². The molecule has 0 aromatic heterocycles. The minimum absolute atomic E-state index is 0.200. The van der Waals surface area contributed by atoms with Crippen LogP contribution in [0.5, 0.6) is 0 Å². The molecular weight excluding hydrogens is 364 g/mol. The van der Waals surface area contributed by atoms with Crippen LogP contribution in [0, 0.1) is 0 Å². The van der Waals surface area contributed by atoms with E-state index in [0.717, 1.165) is 18.4 Å². The van der Waals surface area contributed by atoms with Gasteiger partial charge in [-0.05, 0) is 56.7 Å². The van der Waals surface area contributed by atoms with Crippen LogP contribution in [-0.4, -0.2) is 45.4 Å². The van der Waals surface area contributed by atoms with Crippen LogP contribution in [0.4, 0.5) is 4.79 Å². The third-order valence-corrected chi connectivity index (χ3v) is 5.70. The molecule has 1 aliphatic carbocycles. The number of amides is 1. The van der Waals surface area contributed by atoms with E-state index in [0.29, 0.717) is 13.0 Å². The lowest BCUT2D eigenvalue weighted by atomic mass is 9.94. The number of fused-ring (bicyclic) bond motifs is 1. The molecule has 0 aliphatic heterocycles. The number of nitrogens with zero attached hydrogens (tertiary/aromatic N) is 1. The maximum Gasteiger partial charge on any atom is 0.408 e. The summed E-state index contributed by atoms with van der Waals surface area (Å²) in [5.74, 6) is 0. The second kappa shape index (κ2) is 8.97. The molecule has 3 N–H and O–H groups in total. The van der Waals surface area contributed by atoms with Crippen LogP contribution in [0.2, 0.25) is 0 Å². The second-order valence-corrected chi connectivity index (χ2v) is 8.85. The van der Waals surface area contributed by atoms with Crippen LogP contribution in [0.1, 0.15) is 49.9 Å². The predicted octanol–water partition coefficient (Wildman–Crippen LogP) is 4.01. The van der Waals surface area contributed by atoms with Crippen molar-refractivity contribution in [2.24, 2.45) is 0 Å². The van der Waals surface area contributed by atoms with Gasteiger partial charge in [-0.1, -0.05) is 54.6 Å². The Morgan fingerprint density at radius 3 is 2.45 bits per heavy atom. The summed E-state index contributed by atoms with van der Waals surface area (Å²) < 4.78 is 0. The average molecular weight is 397 g/mol. The molecule has 1 aliphatic rings. The number of carboxylic acid groups (broad SMARTS) is 1. The van der Waals surface area contributed by atoms with E-state index >= 15 is 0 Å². The highest BCUT2D eigenvalue weighted by Crippen LogP contribution is 2.31. The lowest BCUT2D eigenvalue weighted by Crippen LogP contribution is -2.58. The molecule has 3 atom stereocenters. The zero-order valence-electron chi connectivity index (χ0n) is 17.5. The fourth-order valence-electron chi connectivity index (χ4n) is 4.35. The lowest BCUT2D eigenvalue weighted by Gasteiger charge is -2.42. The largest absolute Gasteiger partial charge is 0.465 e. The summed E-state index contributed by atoms with van der Waals surface area (Å²) in [6, 6.07) is 17.8. The van der Waals surface area contributed by atoms with Gasteiger partial charge in [0.1, 0.15) is 0 Å². The molecule has 2 aromatic carbocycles. The van der Waals surface area contributed by atoms with Gasteiger partial charge in [-0.25, -0.2) is 4.79 Å². The molecule has 156 valence electrons. The number of nitrogens with one attached hydrogen (secondary N) is 1. The molecular formula is C24H32N2O3. The molecule has 5 nitrogen and oxygen atoms in total. The Morgan fingerprint density at radius 1 is 1.14 bits per heavy atom. The minimum Gasteiger partial charge on any atom is -0.465 e. The summed E-state index contributed by atoms with van der Waals surface area (Å²) in [6.45, 7) is 5.95. The van der Waals surface area contributed by atoms with E-state index in [-0.39, 0.29) is 6.04 Å². The van der Waals surface area contributed by atoms with Crippen LogP contribution in [0.3, 0.4) is 0 Å². The molecule has 0 spiro atoms. The summed E-state index contributed by atoms with van der Waals surface area (Å²) in [7, 11) is 0. The Morgan fingerprint density at radius 2 is 1.79 bits per heavy atom. The standard InChI is InChI=1S/C24H32N2O3/c1-24(2,3)26(23(28)29)21(15-17-9-5-4-6-10-17)22(27)16-25-20-14-13-18-11-7-8-12-19(18)20/h4-12,20-22,25,27H,13-16H2,1-3H3,(H,28,29)/t20-,21+,22+/m1/s1. The quantitative estimate of drug-likeness (QED) is 0.661. The maximum absolute atomic E-state index is 12.1. The number of carbonyl (C=O) groups is 1. The normalized spacial score (nSPS) is 18.1. The molecule has 1 amide bonds. The predicted molar refractivity (Wildman–Crippen MR) is 115 cm³/mol. The third-order valence-electron chi connectivity index (χ3n) is 5.70. The van der Waals surface area contributed by atoms with E-state index in [2.05, 4.69) is 23.5 Å². The van der Waals surface area contributed by atoms with E-state index in [1.807, 2.05) is 57.2 Å². The van der Waals surface area contributed by atoms with Gasteiger partial charge in [-0.3, -0.25) is 4.90 Å². The first-order chi connectivity index (χ1) is 13.8. The highest BCUT2D eigenvalue weighted by molar-refractivity contribution is 5.66. The number of hydrogen-bond donors (Lipinski definition) is 3. The molecule has 0 bridgehead atoms. The number of aryl methyl sites for hydroxylation is 1. The Labute approximate surface area is 173 Å². The molecule has 0 unspecified atom stereocenters. The second-order valence-electron chi connectivity index (χ2n) is 8.85. The summed E-state index contributed by atoms with van der Waals surface area (Å²) in [5.41, 5.74) is 3.03. The van der Waals surface area contributed by atoms with Crippen LogP contribution in [-0.2, 0) is 12.8 Å². The Balaban J connectivity index is 1.77. The third kappa shape index (κ3) is 5.17. The average Bonchev–Trinajstić information content (AvgIpc) is 3.08. The van der Waals surface area contributed by atoms with Crippen molar-refractivity contribution in [3.63, 3.8) is 0 Å². The lowest BCUT2D eigenvalue weighted by molar-refractivity contribution is 0.00687. The van der Waals surface area contributed by atoms with Crippen molar-refractivity contribution in [1.82, 2.24) is 10.2 Å². The van der Waals surface area contributed by atoms with Gasteiger partial charge in [0.05, 0.1) is 12.1 Å². The molecule has 2 aromatic rings. The number of aliphatic hydroxyl groups is 1. The molecule has 0 saturated heterocycles. The van der Waals surface area contributed by atoms with Gasteiger partial charge in [0, 0.05) is 18.1 Å². The van der Waals surface area contributed by atoms with Crippen molar-refractivity contribution in [3.05, 3.63) is 71.3 Å². The number of rotatable bonds is 7. The van der Waals surface area contributed by atoms with Crippen LogP contribution in [0.25, 0.3) is 0 Å². The Hall–Kier alpha value is -2.37. The zero-order valence-corrected chi connectivity index (χ0v) is 17.5. The van der Waals surface area contributed by atoms with Crippen LogP contribution < -0.4 is 5.32 Å². The van der Waals surface area contributed by atoms with Crippen molar-refractivity contribution in [1.29, 1.82) is 0 Å². The first kappa shape index (κ1) is 21.3. The first-order valence-corrected chi connectivity index (χ1v) is 10.3. The molecule has 0 fully saturated rings. The van der Waals surface area contributed by atoms with Gasteiger partial charge in [0.25, 0.3) is 0 Å². The fourth-order valence-corrected chi connectivity index (χ4v) is 4.35. The SMILES string of the molecule is CC(C)(C)N(C(=O)O)[C@@H](Cc1ccccc1)[C@@H](O)CN[C@@H]1CCc2ccccc21. The van der Waals surface area contributed by atoms with Crippen molar-refractivity contribution in [2.45, 2.75) is 63.8 Å². The molecule has 29 heavy (non-hydrogen) atoms. The Kier molecular flexibility index (Phi) is 6.60. The van der Waals surface area contributed by atoms with Crippen LogP contribution in [0.15, 0.2) is 54.6 Å². The minimum atomic E-state index is -1.01. The zero-order chi connectivity index (χ0) is 21.0. The topological polar surface area (TPSA) is 72.8 Å². The summed E-state index contributed by atoms with van der Waals surface area (Å²) in [4.78, 5) is 13.5. The van der Waals surface area contributed by atoms with E-state index in [1.54, 1.807) is 0 Å². The van der Waals surface area contributed by atoms with Gasteiger partial charge in [0.15, 0.2) is 0 Å². The molecule has 3 rings (SSSR count). The van der Waals surface area contributed by atoms with Crippen molar-refractivity contribution < 1.29 is 15.0 Å². The van der Waals surface area contributed by atoms with Crippen molar-refractivity contribution in [3.8, 4) is 0 Å². The van der Waals surface area contributed by atoms with Gasteiger partial charge in [0.2, 0.25) is 0 Å². The monoisotopic (exact) mass is 396 g/mol. The first-order valence-electron chi connectivity index (χ1n) is 10.3. The molecule has 0 heterocycles. The van der Waals surface area contributed by atoms with Gasteiger partial charge < -0.3 is 15.5 Å². The smallest absolute Gasteiger partial charge is 0.408 e. The summed E-state index contributed by atoms with van der Waals surface area (Å²) in [5, 5.41) is 24.5. The van der Waals surface area contributed by atoms with Gasteiger partial charge in [-0.15, -0.1) is 0 Å². The van der Waals surface area contributed by atoms with Gasteiger partial charge in [-0.2, -0.15) is 0 Å².